The fraction of sp³-hybridized carbons (Fsp3) is 0.0526. The molecular formula is C19H15N3O4. The van der Waals surface area contributed by atoms with Gasteiger partial charge in [-0.2, -0.15) is 5.10 Å². The quantitative estimate of drug-likeness (QED) is 0.426. The first-order valence-corrected chi connectivity index (χ1v) is 7.77. The molecule has 1 amide bonds. The van der Waals surface area contributed by atoms with Crippen molar-refractivity contribution in [2.75, 3.05) is 0 Å². The normalized spacial score (nSPS) is 11.3. The first kappa shape index (κ1) is 17.1. The highest BCUT2D eigenvalue weighted by Gasteiger charge is 2.12. The first-order valence-electron chi connectivity index (χ1n) is 7.77. The Morgan fingerprint density at radius 3 is 2.65 bits per heavy atom. The Morgan fingerprint density at radius 2 is 1.88 bits per heavy atom. The average molecular weight is 349 g/mol. The lowest BCUT2D eigenvalue weighted by molar-refractivity contribution is -0.384. The van der Waals surface area contributed by atoms with Crippen molar-refractivity contribution in [2.24, 2.45) is 5.10 Å². The van der Waals surface area contributed by atoms with Gasteiger partial charge >= 0.3 is 0 Å². The molecule has 0 saturated carbocycles. The number of benzene rings is 3. The van der Waals surface area contributed by atoms with E-state index in [0.29, 0.717) is 16.7 Å². The second-order valence-electron chi connectivity index (χ2n) is 5.63. The maximum absolute atomic E-state index is 12.1. The van der Waals surface area contributed by atoms with Gasteiger partial charge in [0.25, 0.3) is 11.6 Å². The summed E-state index contributed by atoms with van der Waals surface area (Å²) in [6.45, 7) is 1.65. The van der Waals surface area contributed by atoms with E-state index < -0.39 is 10.8 Å². The molecule has 0 unspecified atom stereocenters. The molecule has 0 fully saturated rings. The zero-order valence-electron chi connectivity index (χ0n) is 13.8. The summed E-state index contributed by atoms with van der Waals surface area (Å²) in [5, 5.41) is 26.8. The predicted octanol–water partition coefficient (Wildman–Crippen LogP) is 3.61. The molecule has 0 aliphatic carbocycles. The van der Waals surface area contributed by atoms with Gasteiger partial charge in [0.05, 0.1) is 10.6 Å². The molecule has 0 atom stereocenters. The number of aromatic hydroxyl groups is 1. The van der Waals surface area contributed by atoms with Crippen molar-refractivity contribution >= 4 is 28.1 Å². The molecule has 7 nitrogen and oxygen atoms in total. The summed E-state index contributed by atoms with van der Waals surface area (Å²) in [6.07, 6.45) is 0. The largest absolute Gasteiger partial charge is 0.507 e. The van der Waals surface area contributed by atoms with Gasteiger partial charge in [0.2, 0.25) is 0 Å². The number of phenols is 1. The highest BCUT2D eigenvalue weighted by atomic mass is 16.6. The Bertz CT molecular complexity index is 1040. The van der Waals surface area contributed by atoms with Crippen LogP contribution >= 0.6 is 0 Å². The van der Waals surface area contributed by atoms with Gasteiger partial charge in [-0.3, -0.25) is 14.9 Å². The molecule has 0 aliphatic heterocycles. The molecule has 130 valence electrons. The Morgan fingerprint density at radius 1 is 1.12 bits per heavy atom. The van der Waals surface area contributed by atoms with Gasteiger partial charge < -0.3 is 5.11 Å². The van der Waals surface area contributed by atoms with Gasteiger partial charge in [0.15, 0.2) is 0 Å². The number of nitrogens with zero attached hydrogens (tertiary/aromatic N) is 2. The maximum atomic E-state index is 12.1. The number of amides is 1. The number of phenolic OH excluding ortho intramolecular Hbond substituents is 1. The molecule has 7 heteroatoms. The average Bonchev–Trinajstić information content (AvgIpc) is 2.66. The van der Waals surface area contributed by atoms with E-state index in [1.807, 2.05) is 24.3 Å². The Balaban J connectivity index is 1.84. The van der Waals surface area contributed by atoms with E-state index in [1.54, 1.807) is 19.1 Å². The highest BCUT2D eigenvalue weighted by Crippen LogP contribution is 2.28. The number of hydrogen-bond donors (Lipinski definition) is 2. The minimum atomic E-state index is -0.576. The lowest BCUT2D eigenvalue weighted by Crippen LogP contribution is -2.19. The molecule has 0 aliphatic rings. The number of rotatable bonds is 4. The zero-order chi connectivity index (χ0) is 18.7. The summed E-state index contributed by atoms with van der Waals surface area (Å²) in [7, 11) is 0. The monoisotopic (exact) mass is 349 g/mol. The van der Waals surface area contributed by atoms with Crippen molar-refractivity contribution in [1.29, 1.82) is 0 Å². The van der Waals surface area contributed by atoms with E-state index in [0.717, 1.165) is 5.39 Å². The molecule has 0 radical (unpaired) electrons. The van der Waals surface area contributed by atoms with E-state index in [2.05, 4.69) is 10.5 Å². The SMILES string of the molecule is C/C(=N\NC(=O)c1cccc([N+](=O)[O-])c1)c1ccc2ccccc2c1O. The van der Waals surface area contributed by atoms with E-state index in [4.69, 9.17) is 0 Å². The predicted molar refractivity (Wildman–Crippen MR) is 98.4 cm³/mol. The van der Waals surface area contributed by atoms with Crippen LogP contribution in [-0.4, -0.2) is 21.6 Å². The number of carbonyl (C=O) groups is 1. The van der Waals surface area contributed by atoms with Crippen LogP contribution in [0.1, 0.15) is 22.8 Å². The summed E-state index contributed by atoms with van der Waals surface area (Å²) in [4.78, 5) is 22.4. The molecule has 0 aromatic heterocycles. The molecule has 3 aromatic carbocycles. The van der Waals surface area contributed by atoms with Gasteiger partial charge in [0, 0.05) is 28.6 Å². The molecule has 0 heterocycles. The number of carbonyl (C=O) groups excluding carboxylic acids is 1. The van der Waals surface area contributed by atoms with Crippen LogP contribution in [0.25, 0.3) is 10.8 Å². The smallest absolute Gasteiger partial charge is 0.271 e. The fourth-order valence-corrected chi connectivity index (χ4v) is 2.57. The topological polar surface area (TPSA) is 105 Å². The standard InChI is InChI=1S/C19H15N3O4/c1-12(16-10-9-13-5-2-3-8-17(13)18(16)23)20-21-19(24)14-6-4-7-15(11-14)22(25)26/h2-11,23H,1H3,(H,21,24)/b20-12+. The molecule has 2 N–H and O–H groups in total. The van der Waals surface area contributed by atoms with Gasteiger partial charge in [-0.15, -0.1) is 0 Å². The van der Waals surface area contributed by atoms with Gasteiger partial charge in [-0.1, -0.05) is 36.4 Å². The van der Waals surface area contributed by atoms with Crippen LogP contribution in [0.4, 0.5) is 5.69 Å². The Kier molecular flexibility index (Phi) is 4.62. The van der Waals surface area contributed by atoms with E-state index in [1.165, 1.54) is 24.3 Å². The number of hydrogen-bond acceptors (Lipinski definition) is 5. The van der Waals surface area contributed by atoms with Gasteiger partial charge in [-0.25, -0.2) is 5.43 Å². The lowest BCUT2D eigenvalue weighted by atomic mass is 10.0. The van der Waals surface area contributed by atoms with Crippen LogP contribution in [-0.2, 0) is 0 Å². The third-order valence-electron chi connectivity index (χ3n) is 3.93. The molecule has 3 rings (SSSR count). The van der Waals surface area contributed by atoms with Crippen molar-refractivity contribution in [2.45, 2.75) is 6.92 Å². The molecule has 0 saturated heterocycles. The van der Waals surface area contributed by atoms with Crippen LogP contribution in [0.2, 0.25) is 0 Å². The summed E-state index contributed by atoms with van der Waals surface area (Å²) in [5.41, 5.74) is 3.20. The Labute approximate surface area is 148 Å². The zero-order valence-corrected chi connectivity index (χ0v) is 13.8. The lowest BCUT2D eigenvalue weighted by Gasteiger charge is -2.08. The summed E-state index contributed by atoms with van der Waals surface area (Å²) < 4.78 is 0. The third-order valence-corrected chi connectivity index (χ3v) is 3.93. The van der Waals surface area contributed by atoms with E-state index in [-0.39, 0.29) is 17.0 Å². The van der Waals surface area contributed by atoms with Crippen LogP contribution in [0.5, 0.6) is 5.75 Å². The highest BCUT2D eigenvalue weighted by molar-refractivity contribution is 6.07. The number of nitro benzene ring substituents is 1. The van der Waals surface area contributed by atoms with Crippen molar-refractivity contribution in [3.05, 3.63) is 81.9 Å². The Hall–Kier alpha value is -3.74. The second-order valence-corrected chi connectivity index (χ2v) is 5.63. The molecule has 0 bridgehead atoms. The van der Waals surface area contributed by atoms with E-state index in [9.17, 15) is 20.0 Å². The number of non-ortho nitro benzene ring substituents is 1. The number of nitrogens with one attached hydrogen (secondary N) is 1. The summed E-state index contributed by atoms with van der Waals surface area (Å²) in [5.74, 6) is -0.498. The van der Waals surface area contributed by atoms with Gasteiger partial charge in [-0.05, 0) is 24.4 Å². The summed E-state index contributed by atoms with van der Waals surface area (Å²) in [6, 6.07) is 16.3. The second kappa shape index (κ2) is 7.02. The minimum Gasteiger partial charge on any atom is -0.507 e. The van der Waals surface area contributed by atoms with Crippen LogP contribution in [0, 0.1) is 10.1 Å². The number of nitro groups is 1. The van der Waals surface area contributed by atoms with Crippen molar-refractivity contribution in [3.63, 3.8) is 0 Å². The molecule has 3 aromatic rings. The van der Waals surface area contributed by atoms with Crippen LogP contribution in [0.3, 0.4) is 0 Å². The third kappa shape index (κ3) is 3.36. The van der Waals surface area contributed by atoms with Crippen LogP contribution in [0.15, 0.2) is 65.8 Å². The maximum Gasteiger partial charge on any atom is 0.271 e. The minimum absolute atomic E-state index is 0.0777. The van der Waals surface area contributed by atoms with E-state index >= 15 is 0 Å². The molecular weight excluding hydrogens is 334 g/mol. The van der Waals surface area contributed by atoms with Crippen molar-refractivity contribution < 1.29 is 14.8 Å². The summed E-state index contributed by atoms with van der Waals surface area (Å²) >= 11 is 0. The fourth-order valence-electron chi connectivity index (χ4n) is 2.57. The molecule has 0 spiro atoms. The van der Waals surface area contributed by atoms with Gasteiger partial charge in [0.1, 0.15) is 5.75 Å². The van der Waals surface area contributed by atoms with Crippen LogP contribution < -0.4 is 5.43 Å². The number of fused-ring (bicyclic) bond motifs is 1. The number of hydrazone groups is 1. The molecule has 26 heavy (non-hydrogen) atoms. The van der Waals surface area contributed by atoms with Crippen molar-refractivity contribution in [3.8, 4) is 5.75 Å². The van der Waals surface area contributed by atoms with Crippen molar-refractivity contribution in [1.82, 2.24) is 5.43 Å². The first-order chi connectivity index (χ1) is 12.5.